The van der Waals surface area contributed by atoms with Gasteiger partial charge in [-0.15, -0.1) is 0 Å². The SMILES string of the molecule is CC1CCCN(S(=O)(=O)N2CCN(c3nnnn3-c3ccccc3)CC2)C1. The van der Waals surface area contributed by atoms with Crippen LogP contribution in [0.3, 0.4) is 0 Å². The van der Waals surface area contributed by atoms with E-state index in [1.54, 1.807) is 13.3 Å². The largest absolute Gasteiger partial charge is 0.337 e. The van der Waals surface area contributed by atoms with Gasteiger partial charge in [-0.05, 0) is 41.3 Å². The number of piperidine rings is 1. The molecule has 2 aromatic rings. The number of nitrogens with zero attached hydrogens (tertiary/aromatic N) is 7. The van der Waals surface area contributed by atoms with Crippen LogP contribution in [0.1, 0.15) is 19.8 Å². The molecular formula is C17H25N7O2S. The van der Waals surface area contributed by atoms with Gasteiger partial charge >= 0.3 is 0 Å². The molecule has 0 radical (unpaired) electrons. The number of tetrazole rings is 1. The van der Waals surface area contributed by atoms with Gasteiger partial charge in [0.2, 0.25) is 5.95 Å². The van der Waals surface area contributed by atoms with E-state index in [0.29, 0.717) is 51.1 Å². The van der Waals surface area contributed by atoms with Crippen LogP contribution < -0.4 is 4.90 Å². The van der Waals surface area contributed by atoms with Crippen LogP contribution in [-0.4, -0.2) is 76.5 Å². The minimum atomic E-state index is -3.39. The molecule has 27 heavy (non-hydrogen) atoms. The summed E-state index contributed by atoms with van der Waals surface area (Å²) in [5, 5.41) is 12.0. The maximum absolute atomic E-state index is 13.0. The molecule has 0 bridgehead atoms. The monoisotopic (exact) mass is 391 g/mol. The second kappa shape index (κ2) is 7.53. The first-order chi connectivity index (χ1) is 13.1. The molecule has 2 fully saturated rings. The molecule has 3 heterocycles. The van der Waals surface area contributed by atoms with Crippen molar-refractivity contribution >= 4 is 16.2 Å². The third-order valence-corrected chi connectivity index (χ3v) is 7.25. The Hall–Kier alpha value is -2.04. The fourth-order valence-electron chi connectivity index (χ4n) is 3.75. The van der Waals surface area contributed by atoms with Crippen LogP contribution in [0.5, 0.6) is 0 Å². The maximum Gasteiger partial charge on any atom is 0.282 e. The second-order valence-corrected chi connectivity index (χ2v) is 9.15. The van der Waals surface area contributed by atoms with Crippen molar-refractivity contribution in [1.29, 1.82) is 0 Å². The third kappa shape index (κ3) is 3.69. The molecule has 1 atom stereocenters. The smallest absolute Gasteiger partial charge is 0.282 e. The fourth-order valence-corrected chi connectivity index (χ4v) is 5.51. The van der Waals surface area contributed by atoms with Gasteiger partial charge < -0.3 is 4.90 Å². The number of anilines is 1. The van der Waals surface area contributed by atoms with Crippen molar-refractivity contribution in [3.05, 3.63) is 30.3 Å². The van der Waals surface area contributed by atoms with Crippen molar-refractivity contribution < 1.29 is 8.42 Å². The van der Waals surface area contributed by atoms with Gasteiger partial charge in [-0.2, -0.15) is 21.7 Å². The normalized spacial score (nSPS) is 22.9. The van der Waals surface area contributed by atoms with Gasteiger partial charge in [-0.3, -0.25) is 0 Å². The Labute approximate surface area is 159 Å². The minimum absolute atomic E-state index is 0.422. The van der Waals surface area contributed by atoms with E-state index < -0.39 is 10.2 Å². The molecule has 0 spiro atoms. The molecule has 146 valence electrons. The van der Waals surface area contributed by atoms with Gasteiger partial charge in [0.05, 0.1) is 5.69 Å². The number of benzene rings is 1. The van der Waals surface area contributed by atoms with Crippen molar-refractivity contribution in [1.82, 2.24) is 28.8 Å². The zero-order valence-corrected chi connectivity index (χ0v) is 16.3. The lowest BCUT2D eigenvalue weighted by Gasteiger charge is -2.38. The molecular weight excluding hydrogens is 366 g/mol. The fraction of sp³-hybridized carbons (Fsp3) is 0.588. The van der Waals surface area contributed by atoms with Gasteiger partial charge in [0, 0.05) is 39.3 Å². The molecule has 9 nitrogen and oxygen atoms in total. The van der Waals surface area contributed by atoms with Crippen molar-refractivity contribution in [3.8, 4) is 5.69 Å². The van der Waals surface area contributed by atoms with Gasteiger partial charge in [0.25, 0.3) is 10.2 Å². The van der Waals surface area contributed by atoms with E-state index in [1.165, 1.54) is 0 Å². The minimum Gasteiger partial charge on any atom is -0.337 e. The molecule has 2 aliphatic heterocycles. The third-order valence-electron chi connectivity index (χ3n) is 5.25. The number of piperazine rings is 1. The van der Waals surface area contributed by atoms with Gasteiger partial charge in [0.15, 0.2) is 0 Å². The Bertz CT molecular complexity index is 862. The number of hydrogen-bond acceptors (Lipinski definition) is 6. The Morgan fingerprint density at radius 2 is 1.74 bits per heavy atom. The van der Waals surface area contributed by atoms with Crippen LogP contribution in [0.4, 0.5) is 5.95 Å². The Kier molecular flexibility index (Phi) is 5.11. The van der Waals surface area contributed by atoms with E-state index in [0.717, 1.165) is 18.5 Å². The van der Waals surface area contributed by atoms with E-state index in [9.17, 15) is 8.42 Å². The van der Waals surface area contributed by atoms with E-state index in [-0.39, 0.29) is 0 Å². The summed E-state index contributed by atoms with van der Waals surface area (Å²) in [6.07, 6.45) is 2.04. The molecule has 0 amide bonds. The molecule has 1 unspecified atom stereocenters. The van der Waals surface area contributed by atoms with Crippen molar-refractivity contribution in [2.24, 2.45) is 5.92 Å². The topological polar surface area (TPSA) is 87.5 Å². The molecule has 0 saturated carbocycles. The quantitative estimate of drug-likeness (QED) is 0.765. The molecule has 4 rings (SSSR count). The zero-order valence-electron chi connectivity index (χ0n) is 15.5. The maximum atomic E-state index is 13.0. The Morgan fingerprint density at radius 3 is 2.44 bits per heavy atom. The van der Waals surface area contributed by atoms with Crippen LogP contribution >= 0.6 is 0 Å². The first-order valence-electron chi connectivity index (χ1n) is 9.39. The van der Waals surface area contributed by atoms with Crippen LogP contribution in [-0.2, 0) is 10.2 Å². The van der Waals surface area contributed by atoms with Crippen LogP contribution in [0.15, 0.2) is 30.3 Å². The number of hydrogen-bond donors (Lipinski definition) is 0. The van der Waals surface area contributed by atoms with Crippen molar-refractivity contribution in [3.63, 3.8) is 0 Å². The highest BCUT2D eigenvalue weighted by Crippen LogP contribution is 2.23. The molecule has 1 aromatic heterocycles. The van der Waals surface area contributed by atoms with Crippen molar-refractivity contribution in [2.75, 3.05) is 44.2 Å². The Balaban J connectivity index is 1.45. The lowest BCUT2D eigenvalue weighted by molar-refractivity contribution is 0.254. The first-order valence-corrected chi connectivity index (χ1v) is 10.8. The first kappa shape index (κ1) is 18.3. The molecule has 1 aromatic carbocycles. The summed E-state index contributed by atoms with van der Waals surface area (Å²) >= 11 is 0. The molecule has 0 N–H and O–H groups in total. The van der Waals surface area contributed by atoms with E-state index in [4.69, 9.17) is 0 Å². The molecule has 2 saturated heterocycles. The summed E-state index contributed by atoms with van der Waals surface area (Å²) in [6, 6.07) is 9.70. The van der Waals surface area contributed by atoms with Crippen LogP contribution in [0.25, 0.3) is 5.69 Å². The summed E-state index contributed by atoms with van der Waals surface area (Å²) in [4.78, 5) is 2.04. The summed E-state index contributed by atoms with van der Waals surface area (Å²) in [5.74, 6) is 1.06. The van der Waals surface area contributed by atoms with Gasteiger partial charge in [-0.25, -0.2) is 0 Å². The Morgan fingerprint density at radius 1 is 1.00 bits per heavy atom. The number of aromatic nitrogens is 4. The summed E-state index contributed by atoms with van der Waals surface area (Å²) in [7, 11) is -3.39. The predicted octanol–water partition coefficient (Wildman–Crippen LogP) is 0.761. The average molecular weight is 392 g/mol. The zero-order chi connectivity index (χ0) is 18.9. The summed E-state index contributed by atoms with van der Waals surface area (Å²) in [5.41, 5.74) is 0.884. The van der Waals surface area contributed by atoms with Crippen LogP contribution in [0.2, 0.25) is 0 Å². The van der Waals surface area contributed by atoms with Gasteiger partial charge in [-0.1, -0.05) is 30.2 Å². The highest BCUT2D eigenvalue weighted by molar-refractivity contribution is 7.86. The standard InChI is InChI=1S/C17H25N7O2S/c1-15-6-5-9-23(14-15)27(25,26)22-12-10-21(11-13-22)17-18-19-20-24(17)16-7-3-2-4-8-16/h2-4,7-8,15H,5-6,9-14H2,1H3. The predicted molar refractivity (Wildman–Crippen MR) is 102 cm³/mol. The van der Waals surface area contributed by atoms with Crippen molar-refractivity contribution in [2.45, 2.75) is 19.8 Å². The number of rotatable bonds is 4. The highest BCUT2D eigenvalue weighted by Gasteiger charge is 2.35. The second-order valence-electron chi connectivity index (χ2n) is 7.23. The van der Waals surface area contributed by atoms with E-state index in [2.05, 4.69) is 22.4 Å². The summed E-state index contributed by atoms with van der Waals surface area (Å²) in [6.45, 7) is 5.37. The molecule has 10 heteroatoms. The van der Waals surface area contributed by atoms with E-state index in [1.807, 2.05) is 35.2 Å². The lowest BCUT2D eigenvalue weighted by atomic mass is 10.0. The molecule has 0 aliphatic carbocycles. The van der Waals surface area contributed by atoms with E-state index >= 15 is 0 Å². The highest BCUT2D eigenvalue weighted by atomic mass is 32.2. The lowest BCUT2D eigenvalue weighted by Crippen LogP contribution is -2.54. The molecule has 2 aliphatic rings. The average Bonchev–Trinajstić information content (AvgIpc) is 3.19. The number of para-hydroxylation sites is 1. The van der Waals surface area contributed by atoms with Gasteiger partial charge in [0.1, 0.15) is 0 Å². The van der Waals surface area contributed by atoms with Crippen LogP contribution in [0, 0.1) is 5.92 Å². The summed E-state index contributed by atoms with van der Waals surface area (Å²) < 4.78 is 30.8.